The molecule has 0 heterocycles. The number of hydrogen-bond acceptors (Lipinski definition) is 2. The van der Waals surface area contributed by atoms with Crippen molar-refractivity contribution in [2.45, 2.75) is 27.2 Å². The molecule has 1 atom stereocenters. The van der Waals surface area contributed by atoms with E-state index < -0.39 is 0 Å². The zero-order valence-electron chi connectivity index (χ0n) is 9.96. The molecule has 0 aliphatic rings. The molecule has 0 radical (unpaired) electrons. The molecule has 1 aromatic rings. The molecule has 2 nitrogen and oxygen atoms in total. The van der Waals surface area contributed by atoms with Crippen molar-refractivity contribution in [1.29, 1.82) is 0 Å². The van der Waals surface area contributed by atoms with Crippen LogP contribution in [0, 0.1) is 11.3 Å². The van der Waals surface area contributed by atoms with Gasteiger partial charge in [0.05, 0.1) is 0 Å². The van der Waals surface area contributed by atoms with Crippen LogP contribution in [0.5, 0.6) is 0 Å². The van der Waals surface area contributed by atoms with Crippen molar-refractivity contribution in [2.75, 3.05) is 12.3 Å². The van der Waals surface area contributed by atoms with Gasteiger partial charge in [-0.25, -0.2) is 0 Å². The first-order valence-corrected chi connectivity index (χ1v) is 5.48. The average molecular weight is 206 g/mol. The lowest BCUT2D eigenvalue weighted by Gasteiger charge is -2.29. The van der Waals surface area contributed by atoms with E-state index in [1.165, 1.54) is 5.56 Å². The molecule has 0 fully saturated rings. The minimum atomic E-state index is 0.260. The Morgan fingerprint density at radius 3 is 2.07 bits per heavy atom. The monoisotopic (exact) mass is 206 g/mol. The number of rotatable bonds is 3. The largest absolute Gasteiger partial charge is 0.399 e. The van der Waals surface area contributed by atoms with Crippen molar-refractivity contribution in [3.05, 3.63) is 29.8 Å². The van der Waals surface area contributed by atoms with Crippen molar-refractivity contribution in [3.8, 4) is 0 Å². The summed E-state index contributed by atoms with van der Waals surface area (Å²) in [6, 6.07) is 8.07. The van der Waals surface area contributed by atoms with Crippen LogP contribution in [-0.2, 0) is 6.42 Å². The van der Waals surface area contributed by atoms with Gasteiger partial charge in [-0.1, -0.05) is 32.9 Å². The zero-order valence-corrected chi connectivity index (χ0v) is 9.96. The van der Waals surface area contributed by atoms with Crippen molar-refractivity contribution in [3.63, 3.8) is 0 Å². The second-order valence-electron chi connectivity index (χ2n) is 5.24. The molecule has 0 saturated carbocycles. The Hall–Kier alpha value is -1.02. The van der Waals surface area contributed by atoms with Gasteiger partial charge in [-0.05, 0) is 42.0 Å². The molecule has 0 bridgehead atoms. The Morgan fingerprint density at radius 1 is 1.13 bits per heavy atom. The minimum Gasteiger partial charge on any atom is -0.399 e. The lowest BCUT2D eigenvalue weighted by Crippen LogP contribution is -2.29. The van der Waals surface area contributed by atoms with Gasteiger partial charge in [-0.3, -0.25) is 0 Å². The summed E-state index contributed by atoms with van der Waals surface area (Å²) in [7, 11) is 0. The Kier molecular flexibility index (Phi) is 3.75. The quantitative estimate of drug-likeness (QED) is 0.746. The van der Waals surface area contributed by atoms with Crippen LogP contribution in [0.1, 0.15) is 26.3 Å². The third-order valence-corrected chi connectivity index (χ3v) is 2.97. The molecule has 15 heavy (non-hydrogen) atoms. The normalized spacial score (nSPS) is 13.9. The first-order valence-electron chi connectivity index (χ1n) is 5.48. The van der Waals surface area contributed by atoms with Gasteiger partial charge in [0.2, 0.25) is 0 Å². The van der Waals surface area contributed by atoms with Crippen LogP contribution >= 0.6 is 0 Å². The summed E-state index contributed by atoms with van der Waals surface area (Å²) in [5, 5.41) is 0. The maximum atomic E-state index is 5.81. The predicted octanol–water partition coefficient (Wildman–Crippen LogP) is 2.43. The van der Waals surface area contributed by atoms with Crippen LogP contribution in [-0.4, -0.2) is 6.54 Å². The van der Waals surface area contributed by atoms with Crippen molar-refractivity contribution in [2.24, 2.45) is 17.1 Å². The van der Waals surface area contributed by atoms with Crippen LogP contribution in [0.25, 0.3) is 0 Å². The fourth-order valence-electron chi connectivity index (χ4n) is 1.68. The summed E-state index contributed by atoms with van der Waals surface area (Å²) >= 11 is 0. The molecule has 4 N–H and O–H groups in total. The molecular formula is C13H22N2. The Labute approximate surface area is 92.7 Å². The van der Waals surface area contributed by atoms with Crippen LogP contribution in [0.2, 0.25) is 0 Å². The molecule has 0 amide bonds. The first kappa shape index (κ1) is 12.1. The zero-order chi connectivity index (χ0) is 11.5. The van der Waals surface area contributed by atoms with Gasteiger partial charge < -0.3 is 11.5 Å². The molecule has 1 rings (SSSR count). The highest BCUT2D eigenvalue weighted by molar-refractivity contribution is 5.39. The molecule has 0 aromatic heterocycles. The number of anilines is 1. The minimum absolute atomic E-state index is 0.260. The van der Waals surface area contributed by atoms with Gasteiger partial charge in [0, 0.05) is 5.69 Å². The summed E-state index contributed by atoms with van der Waals surface area (Å²) in [5.41, 5.74) is 13.9. The molecule has 0 aliphatic carbocycles. The molecule has 0 aliphatic heterocycles. The highest BCUT2D eigenvalue weighted by Gasteiger charge is 2.23. The van der Waals surface area contributed by atoms with E-state index in [0.29, 0.717) is 5.92 Å². The van der Waals surface area contributed by atoms with Gasteiger partial charge in [-0.15, -0.1) is 0 Å². The summed E-state index contributed by atoms with van der Waals surface area (Å²) in [4.78, 5) is 0. The van der Waals surface area contributed by atoms with Gasteiger partial charge in [0.25, 0.3) is 0 Å². The van der Waals surface area contributed by atoms with E-state index in [-0.39, 0.29) is 5.41 Å². The third-order valence-electron chi connectivity index (χ3n) is 2.97. The van der Waals surface area contributed by atoms with E-state index in [1.54, 1.807) is 0 Å². The number of benzene rings is 1. The Bertz CT molecular complexity index is 295. The summed E-state index contributed by atoms with van der Waals surface area (Å²) < 4.78 is 0. The lowest BCUT2D eigenvalue weighted by atomic mass is 9.77. The van der Waals surface area contributed by atoms with Crippen LogP contribution in [0.3, 0.4) is 0 Å². The first-order chi connectivity index (χ1) is 6.93. The summed E-state index contributed by atoms with van der Waals surface area (Å²) in [5.74, 6) is 0.515. The van der Waals surface area contributed by atoms with Crippen molar-refractivity contribution >= 4 is 5.69 Å². The highest BCUT2D eigenvalue weighted by Crippen LogP contribution is 2.28. The molecular weight excluding hydrogens is 184 g/mol. The maximum absolute atomic E-state index is 5.81. The summed E-state index contributed by atoms with van der Waals surface area (Å²) in [6.07, 6.45) is 1.03. The molecule has 0 saturated heterocycles. The predicted molar refractivity (Wildman–Crippen MR) is 66.6 cm³/mol. The fourth-order valence-corrected chi connectivity index (χ4v) is 1.68. The van der Waals surface area contributed by atoms with Gasteiger partial charge >= 0.3 is 0 Å². The van der Waals surface area contributed by atoms with Crippen molar-refractivity contribution in [1.82, 2.24) is 0 Å². The van der Waals surface area contributed by atoms with Gasteiger partial charge in [0.1, 0.15) is 0 Å². The van der Waals surface area contributed by atoms with E-state index in [9.17, 15) is 0 Å². The second-order valence-corrected chi connectivity index (χ2v) is 5.24. The molecule has 2 heteroatoms. The Balaban J connectivity index is 2.71. The maximum Gasteiger partial charge on any atom is 0.0314 e. The lowest BCUT2D eigenvalue weighted by molar-refractivity contribution is 0.246. The van der Waals surface area contributed by atoms with Crippen LogP contribution < -0.4 is 11.5 Å². The number of nitrogens with two attached hydrogens (primary N) is 2. The van der Waals surface area contributed by atoms with E-state index in [2.05, 4.69) is 32.9 Å². The number of nitrogen functional groups attached to an aromatic ring is 1. The average Bonchev–Trinajstić information content (AvgIpc) is 2.15. The van der Waals surface area contributed by atoms with Gasteiger partial charge in [-0.2, -0.15) is 0 Å². The van der Waals surface area contributed by atoms with Crippen LogP contribution in [0.15, 0.2) is 24.3 Å². The van der Waals surface area contributed by atoms with Gasteiger partial charge in [0.15, 0.2) is 0 Å². The van der Waals surface area contributed by atoms with Crippen LogP contribution in [0.4, 0.5) is 5.69 Å². The SMILES string of the molecule is CC(C)(C)C(CN)Cc1ccc(N)cc1. The van der Waals surface area contributed by atoms with E-state index >= 15 is 0 Å². The number of hydrogen-bond donors (Lipinski definition) is 2. The smallest absolute Gasteiger partial charge is 0.0314 e. The topological polar surface area (TPSA) is 52.0 Å². The van der Waals surface area contributed by atoms with Crippen molar-refractivity contribution < 1.29 is 0 Å². The molecule has 1 unspecified atom stereocenters. The second kappa shape index (κ2) is 4.67. The third kappa shape index (κ3) is 3.56. The highest BCUT2D eigenvalue weighted by atomic mass is 14.6. The van der Waals surface area contributed by atoms with E-state index in [0.717, 1.165) is 18.7 Å². The van der Waals surface area contributed by atoms with E-state index in [4.69, 9.17) is 11.5 Å². The standard InChI is InChI=1S/C13H22N2/c1-13(2,3)11(9-14)8-10-4-6-12(15)7-5-10/h4-7,11H,8-9,14-15H2,1-3H3. The summed E-state index contributed by atoms with van der Waals surface area (Å²) in [6.45, 7) is 7.44. The fraction of sp³-hybridized carbons (Fsp3) is 0.538. The Morgan fingerprint density at radius 2 is 1.67 bits per heavy atom. The van der Waals surface area contributed by atoms with E-state index in [1.807, 2.05) is 12.1 Å². The molecule has 0 spiro atoms. The molecule has 84 valence electrons. The molecule has 1 aromatic carbocycles.